The van der Waals surface area contributed by atoms with Crippen LogP contribution in [0.15, 0.2) is 24.3 Å². The number of benzene rings is 1. The summed E-state index contributed by atoms with van der Waals surface area (Å²) in [5, 5.41) is 9.72. The fourth-order valence-electron chi connectivity index (χ4n) is 1.93. The van der Waals surface area contributed by atoms with E-state index in [4.69, 9.17) is 4.74 Å². The second-order valence-electron chi connectivity index (χ2n) is 4.23. The Bertz CT molecular complexity index is 645. The number of rotatable bonds is 6. The maximum atomic E-state index is 13.4. The molecule has 1 heterocycles. The van der Waals surface area contributed by atoms with Crippen LogP contribution in [0.3, 0.4) is 0 Å². The van der Waals surface area contributed by atoms with Crippen LogP contribution in [0.2, 0.25) is 0 Å². The van der Waals surface area contributed by atoms with Gasteiger partial charge in [0.15, 0.2) is 5.13 Å². The summed E-state index contributed by atoms with van der Waals surface area (Å²) in [5.41, 5.74) is 1.01. The predicted molar refractivity (Wildman–Crippen MR) is 78.9 cm³/mol. The van der Waals surface area contributed by atoms with E-state index in [1.165, 1.54) is 19.2 Å². The first-order valence-corrected chi connectivity index (χ1v) is 7.13. The molecular formula is C14H15FN2O3S. The summed E-state index contributed by atoms with van der Waals surface area (Å²) in [6, 6.07) is 6.11. The number of hydrogen-bond acceptors (Lipinski definition) is 5. The zero-order chi connectivity index (χ0) is 15.4. The van der Waals surface area contributed by atoms with Gasteiger partial charge in [0.05, 0.1) is 12.3 Å². The minimum Gasteiger partial charge on any atom is -0.477 e. The van der Waals surface area contributed by atoms with Crippen LogP contribution in [-0.2, 0) is 11.3 Å². The fraction of sp³-hybridized carbons (Fsp3) is 0.286. The predicted octanol–water partition coefficient (Wildman–Crippen LogP) is 3.28. The van der Waals surface area contributed by atoms with E-state index in [0.717, 1.165) is 11.3 Å². The third kappa shape index (κ3) is 3.37. The molecule has 2 rings (SSSR count). The average Bonchev–Trinajstić information content (AvgIpc) is 2.84. The second kappa shape index (κ2) is 6.64. The molecule has 0 fully saturated rings. The minimum absolute atomic E-state index is 0.124. The first-order chi connectivity index (χ1) is 10.1. The fourth-order valence-corrected chi connectivity index (χ4v) is 2.92. The monoisotopic (exact) mass is 310 g/mol. The van der Waals surface area contributed by atoms with Gasteiger partial charge in [-0.05, 0) is 25.1 Å². The van der Waals surface area contributed by atoms with Crippen LogP contribution in [0.1, 0.15) is 22.3 Å². The number of hydrogen-bond donors (Lipinski definition) is 1. The van der Waals surface area contributed by atoms with Gasteiger partial charge < -0.3 is 14.7 Å². The molecule has 0 radical (unpaired) electrons. The lowest BCUT2D eigenvalue weighted by atomic mass is 10.3. The van der Waals surface area contributed by atoms with Gasteiger partial charge in [0, 0.05) is 19.3 Å². The van der Waals surface area contributed by atoms with Gasteiger partial charge in [0.2, 0.25) is 0 Å². The molecule has 0 aliphatic heterocycles. The number of aromatic nitrogens is 1. The van der Waals surface area contributed by atoms with E-state index in [2.05, 4.69) is 4.98 Å². The quantitative estimate of drug-likeness (QED) is 0.887. The Kier molecular flexibility index (Phi) is 4.87. The Labute approximate surface area is 125 Å². The molecule has 0 bridgehead atoms. The van der Waals surface area contributed by atoms with Crippen molar-refractivity contribution in [3.8, 4) is 0 Å². The van der Waals surface area contributed by atoms with E-state index in [9.17, 15) is 14.3 Å². The molecule has 0 saturated heterocycles. The summed E-state index contributed by atoms with van der Waals surface area (Å²) in [6.07, 6.45) is 0. The molecule has 1 aromatic carbocycles. The van der Waals surface area contributed by atoms with Crippen molar-refractivity contribution in [2.45, 2.75) is 13.5 Å². The van der Waals surface area contributed by atoms with Crippen LogP contribution < -0.4 is 4.90 Å². The van der Waals surface area contributed by atoms with E-state index < -0.39 is 5.97 Å². The van der Waals surface area contributed by atoms with Crippen molar-refractivity contribution in [1.82, 2.24) is 4.98 Å². The number of carbonyl (C=O) groups is 1. The lowest BCUT2D eigenvalue weighted by Gasteiger charge is -2.19. The van der Waals surface area contributed by atoms with Gasteiger partial charge in [-0.2, -0.15) is 0 Å². The third-order valence-corrected chi connectivity index (χ3v) is 3.94. The molecule has 1 N–H and O–H groups in total. The number of halogens is 1. The molecule has 0 saturated carbocycles. The van der Waals surface area contributed by atoms with Gasteiger partial charge in [-0.1, -0.05) is 17.4 Å². The highest BCUT2D eigenvalue weighted by molar-refractivity contribution is 7.17. The van der Waals surface area contributed by atoms with Crippen LogP contribution in [0.25, 0.3) is 0 Å². The van der Waals surface area contributed by atoms with Crippen molar-refractivity contribution in [2.75, 3.05) is 18.6 Å². The van der Waals surface area contributed by atoms with Crippen LogP contribution in [0.4, 0.5) is 15.2 Å². The molecule has 2 aromatic rings. The number of thiazole rings is 1. The zero-order valence-corrected chi connectivity index (χ0v) is 12.5. The summed E-state index contributed by atoms with van der Waals surface area (Å²) in [6.45, 7) is 2.56. The average molecular weight is 310 g/mol. The SMILES string of the molecule is CCN(c1cccc(F)c1)c1nc(COC)c(C(=O)O)s1. The molecule has 7 heteroatoms. The molecule has 0 amide bonds. The lowest BCUT2D eigenvalue weighted by molar-refractivity contribution is 0.0697. The highest BCUT2D eigenvalue weighted by atomic mass is 32.1. The van der Waals surface area contributed by atoms with Crippen molar-refractivity contribution < 1.29 is 19.0 Å². The summed E-state index contributed by atoms with van der Waals surface area (Å²) >= 11 is 1.05. The number of carboxylic acid groups (broad SMARTS) is 1. The van der Waals surface area contributed by atoms with Crippen molar-refractivity contribution in [3.63, 3.8) is 0 Å². The molecule has 1 aromatic heterocycles. The van der Waals surface area contributed by atoms with Crippen molar-refractivity contribution in [3.05, 3.63) is 40.7 Å². The number of carboxylic acids is 1. The van der Waals surface area contributed by atoms with Crippen molar-refractivity contribution in [1.29, 1.82) is 0 Å². The molecule has 0 aliphatic carbocycles. The standard InChI is InChI=1S/C14H15FN2O3S/c1-3-17(10-6-4-5-9(15)7-10)14-16-11(8-20-2)12(21-14)13(18)19/h4-7H,3,8H2,1-2H3,(H,18,19). The highest BCUT2D eigenvalue weighted by Gasteiger charge is 2.21. The number of anilines is 2. The lowest BCUT2D eigenvalue weighted by Crippen LogP contribution is -2.15. The zero-order valence-electron chi connectivity index (χ0n) is 11.7. The van der Waals surface area contributed by atoms with E-state index in [-0.39, 0.29) is 17.3 Å². The Hall–Kier alpha value is -1.99. The topological polar surface area (TPSA) is 62.7 Å². The highest BCUT2D eigenvalue weighted by Crippen LogP contribution is 2.32. The molecule has 112 valence electrons. The summed E-state index contributed by atoms with van der Waals surface area (Å²) in [4.78, 5) is 17.5. The van der Waals surface area contributed by atoms with Gasteiger partial charge in [-0.3, -0.25) is 0 Å². The first kappa shape index (κ1) is 15.4. The second-order valence-corrected chi connectivity index (χ2v) is 5.21. The third-order valence-electron chi connectivity index (χ3n) is 2.83. The smallest absolute Gasteiger partial charge is 0.347 e. The summed E-state index contributed by atoms with van der Waals surface area (Å²) < 4.78 is 18.3. The summed E-state index contributed by atoms with van der Waals surface area (Å²) in [7, 11) is 1.48. The molecular weight excluding hydrogens is 295 g/mol. The molecule has 0 spiro atoms. The van der Waals surface area contributed by atoms with Gasteiger partial charge in [-0.15, -0.1) is 0 Å². The van der Waals surface area contributed by atoms with Crippen molar-refractivity contribution >= 4 is 28.1 Å². The number of aromatic carboxylic acids is 1. The van der Waals surface area contributed by atoms with Crippen LogP contribution >= 0.6 is 11.3 Å². The van der Waals surface area contributed by atoms with Crippen molar-refractivity contribution in [2.24, 2.45) is 0 Å². The van der Waals surface area contributed by atoms with E-state index in [0.29, 0.717) is 23.1 Å². The molecule has 21 heavy (non-hydrogen) atoms. The summed E-state index contributed by atoms with van der Waals surface area (Å²) in [5.74, 6) is -1.39. The van der Waals surface area contributed by atoms with E-state index in [1.54, 1.807) is 17.0 Å². The molecule has 0 unspecified atom stereocenters. The van der Waals surface area contributed by atoms with Crippen LogP contribution in [0, 0.1) is 5.82 Å². The van der Waals surface area contributed by atoms with Gasteiger partial charge in [-0.25, -0.2) is 14.2 Å². The first-order valence-electron chi connectivity index (χ1n) is 6.31. The minimum atomic E-state index is -1.04. The maximum absolute atomic E-state index is 13.4. The number of nitrogens with zero attached hydrogens (tertiary/aromatic N) is 2. The van der Waals surface area contributed by atoms with Crippen LogP contribution in [-0.4, -0.2) is 29.7 Å². The van der Waals surface area contributed by atoms with Gasteiger partial charge in [0.1, 0.15) is 10.7 Å². The van der Waals surface area contributed by atoms with Gasteiger partial charge >= 0.3 is 5.97 Å². The molecule has 0 aliphatic rings. The molecule has 0 atom stereocenters. The van der Waals surface area contributed by atoms with E-state index >= 15 is 0 Å². The van der Waals surface area contributed by atoms with Gasteiger partial charge in [0.25, 0.3) is 0 Å². The number of methoxy groups -OCH3 is 1. The maximum Gasteiger partial charge on any atom is 0.347 e. The molecule has 5 nitrogen and oxygen atoms in total. The Morgan fingerprint density at radius 2 is 2.29 bits per heavy atom. The Morgan fingerprint density at radius 1 is 1.52 bits per heavy atom. The Morgan fingerprint density at radius 3 is 2.86 bits per heavy atom. The van der Waals surface area contributed by atoms with E-state index in [1.807, 2.05) is 6.92 Å². The Balaban J connectivity index is 2.43. The van der Waals surface area contributed by atoms with Crippen LogP contribution in [0.5, 0.6) is 0 Å². The number of ether oxygens (including phenoxy) is 1. The largest absolute Gasteiger partial charge is 0.477 e. The normalized spacial score (nSPS) is 10.6.